The number of carbonyl (C=O) groups excluding carboxylic acids is 1. The van der Waals surface area contributed by atoms with Crippen molar-refractivity contribution >= 4 is 50.9 Å². The molecule has 7 heteroatoms. The minimum absolute atomic E-state index is 0.0655. The second-order valence-corrected chi connectivity index (χ2v) is 7.77. The quantitative estimate of drug-likeness (QED) is 0.317. The van der Waals surface area contributed by atoms with Gasteiger partial charge in [-0.15, -0.1) is 11.3 Å². The lowest BCUT2D eigenvalue weighted by Gasteiger charge is -2.10. The fraction of sp³-hybridized carbons (Fsp3) is 0.278. The lowest BCUT2D eigenvalue weighted by molar-refractivity contribution is -0.144. The van der Waals surface area contributed by atoms with E-state index < -0.39 is 0 Å². The number of benzene rings is 1. The highest BCUT2D eigenvalue weighted by molar-refractivity contribution is 8.00. The molecule has 0 spiro atoms. The van der Waals surface area contributed by atoms with Crippen LogP contribution in [0, 0.1) is 0 Å². The third kappa shape index (κ3) is 4.32. The molecule has 0 bridgehead atoms. The number of hydrogen-bond donors (Lipinski definition) is 0. The lowest BCUT2D eigenvalue weighted by Crippen LogP contribution is -2.15. The molecule has 0 radical (unpaired) electrons. The summed E-state index contributed by atoms with van der Waals surface area (Å²) < 4.78 is 5.33. The first-order valence-electron chi connectivity index (χ1n) is 7.89. The second-order valence-electron chi connectivity index (χ2n) is 5.51. The number of ether oxygens (including phenoxy) is 1. The molecule has 130 valence electrons. The minimum Gasteiger partial charge on any atom is -0.462 e. The largest absolute Gasteiger partial charge is 0.462 e. The molecule has 0 saturated carbocycles. The van der Waals surface area contributed by atoms with Crippen molar-refractivity contribution in [2.24, 2.45) is 0 Å². The maximum Gasteiger partial charge on any atom is 0.316 e. The number of esters is 1. The number of fused-ring (bicyclic) bond motifs is 1. The van der Waals surface area contributed by atoms with E-state index in [4.69, 9.17) is 16.3 Å². The van der Waals surface area contributed by atoms with Gasteiger partial charge in [0.1, 0.15) is 16.2 Å². The Morgan fingerprint density at radius 1 is 1.32 bits per heavy atom. The maximum atomic E-state index is 12.0. The van der Waals surface area contributed by atoms with Gasteiger partial charge in [0.2, 0.25) is 0 Å². The summed E-state index contributed by atoms with van der Waals surface area (Å²) in [5, 5.41) is 4.51. The highest BCUT2D eigenvalue weighted by Gasteiger charge is 2.16. The predicted molar refractivity (Wildman–Crippen MR) is 104 cm³/mol. The van der Waals surface area contributed by atoms with E-state index in [-0.39, 0.29) is 17.8 Å². The van der Waals surface area contributed by atoms with Gasteiger partial charge in [-0.25, -0.2) is 9.97 Å². The summed E-state index contributed by atoms with van der Waals surface area (Å²) in [7, 11) is 0. The topological polar surface area (TPSA) is 52.1 Å². The van der Waals surface area contributed by atoms with Crippen molar-refractivity contribution in [3.05, 3.63) is 41.0 Å². The SMILES string of the molecule is CC[C@@H](C)OC(=O)CSc1ncnc2scc(-c3ccc(Cl)cc3)c12. The molecule has 0 aliphatic heterocycles. The molecule has 25 heavy (non-hydrogen) atoms. The standard InChI is InChI=1S/C18H17ClN2O2S2/c1-3-11(2)23-15(22)9-25-18-16-14(8-24-17(16)20-10-21-18)12-4-6-13(19)7-5-12/h4-8,10-11H,3,9H2,1-2H3/t11-/m1/s1. The first kappa shape index (κ1) is 18.2. The monoisotopic (exact) mass is 392 g/mol. The summed E-state index contributed by atoms with van der Waals surface area (Å²) >= 11 is 8.93. The van der Waals surface area contributed by atoms with Crippen LogP contribution in [0.2, 0.25) is 5.02 Å². The van der Waals surface area contributed by atoms with Crippen LogP contribution in [0.1, 0.15) is 20.3 Å². The zero-order valence-electron chi connectivity index (χ0n) is 13.9. The van der Waals surface area contributed by atoms with E-state index in [1.54, 1.807) is 11.3 Å². The average molecular weight is 393 g/mol. The van der Waals surface area contributed by atoms with E-state index in [2.05, 4.69) is 15.3 Å². The van der Waals surface area contributed by atoms with E-state index in [9.17, 15) is 4.79 Å². The highest BCUT2D eigenvalue weighted by atomic mass is 35.5. The van der Waals surface area contributed by atoms with Gasteiger partial charge in [-0.05, 0) is 31.0 Å². The zero-order chi connectivity index (χ0) is 17.8. The number of rotatable bonds is 6. The van der Waals surface area contributed by atoms with Crippen LogP contribution in [0.5, 0.6) is 0 Å². The Balaban J connectivity index is 1.87. The molecular formula is C18H17ClN2O2S2. The van der Waals surface area contributed by atoms with Crippen LogP contribution < -0.4 is 0 Å². The first-order chi connectivity index (χ1) is 12.1. The van der Waals surface area contributed by atoms with E-state index in [0.29, 0.717) is 5.02 Å². The number of carbonyl (C=O) groups is 1. The van der Waals surface area contributed by atoms with Gasteiger partial charge in [0.15, 0.2) is 0 Å². The molecule has 0 N–H and O–H groups in total. The van der Waals surface area contributed by atoms with Crippen LogP contribution in [-0.2, 0) is 9.53 Å². The van der Waals surface area contributed by atoms with Crippen molar-refractivity contribution < 1.29 is 9.53 Å². The van der Waals surface area contributed by atoms with Crippen LogP contribution >= 0.6 is 34.7 Å². The van der Waals surface area contributed by atoms with Crippen LogP contribution in [0.4, 0.5) is 0 Å². The van der Waals surface area contributed by atoms with Crippen molar-refractivity contribution in [1.29, 1.82) is 0 Å². The van der Waals surface area contributed by atoms with Crippen molar-refractivity contribution in [3.8, 4) is 11.1 Å². The van der Waals surface area contributed by atoms with Crippen LogP contribution in [-0.4, -0.2) is 27.8 Å². The van der Waals surface area contributed by atoms with Crippen molar-refractivity contribution in [2.45, 2.75) is 31.4 Å². The van der Waals surface area contributed by atoms with Gasteiger partial charge in [-0.2, -0.15) is 0 Å². The normalized spacial score (nSPS) is 12.3. The smallest absolute Gasteiger partial charge is 0.316 e. The summed E-state index contributed by atoms with van der Waals surface area (Å²) in [5.41, 5.74) is 2.10. The van der Waals surface area contributed by atoms with Gasteiger partial charge in [0, 0.05) is 16.0 Å². The predicted octanol–water partition coefficient (Wildman–Crippen LogP) is 5.45. The van der Waals surface area contributed by atoms with Gasteiger partial charge in [-0.3, -0.25) is 4.79 Å². The number of aromatic nitrogens is 2. The zero-order valence-corrected chi connectivity index (χ0v) is 16.2. The van der Waals surface area contributed by atoms with E-state index in [0.717, 1.165) is 32.8 Å². The van der Waals surface area contributed by atoms with Gasteiger partial charge < -0.3 is 4.74 Å². The average Bonchev–Trinajstić information content (AvgIpc) is 3.05. The molecule has 0 aliphatic rings. The minimum atomic E-state index is -0.227. The van der Waals surface area contributed by atoms with Gasteiger partial charge >= 0.3 is 5.97 Å². The summed E-state index contributed by atoms with van der Waals surface area (Å²) in [6.45, 7) is 3.88. The van der Waals surface area contributed by atoms with E-state index in [1.165, 1.54) is 18.1 Å². The van der Waals surface area contributed by atoms with Crippen molar-refractivity contribution in [1.82, 2.24) is 9.97 Å². The molecule has 3 aromatic rings. The molecule has 3 rings (SSSR count). The summed E-state index contributed by atoms with van der Waals surface area (Å²) in [4.78, 5) is 21.6. The molecule has 2 aromatic heterocycles. The maximum absolute atomic E-state index is 12.0. The second kappa shape index (κ2) is 8.17. The third-order valence-corrected chi connectivity index (χ3v) is 5.83. The first-order valence-corrected chi connectivity index (χ1v) is 10.1. The van der Waals surface area contributed by atoms with Gasteiger partial charge in [0.25, 0.3) is 0 Å². The Morgan fingerprint density at radius 2 is 2.08 bits per heavy atom. The Kier molecular flexibility index (Phi) is 5.93. The Labute approximate surface area is 159 Å². The number of thiophene rings is 1. The molecule has 0 unspecified atom stereocenters. The molecule has 0 amide bonds. The fourth-order valence-corrected chi connectivity index (χ4v) is 4.17. The third-order valence-electron chi connectivity index (χ3n) is 3.72. The lowest BCUT2D eigenvalue weighted by atomic mass is 10.1. The fourth-order valence-electron chi connectivity index (χ4n) is 2.27. The number of nitrogens with zero attached hydrogens (tertiary/aromatic N) is 2. The Bertz CT molecular complexity index is 880. The van der Waals surface area contributed by atoms with E-state index in [1.807, 2.05) is 38.1 Å². The van der Waals surface area contributed by atoms with Gasteiger partial charge in [-0.1, -0.05) is 42.4 Å². The van der Waals surface area contributed by atoms with Crippen LogP contribution in [0.25, 0.3) is 21.3 Å². The Morgan fingerprint density at radius 3 is 2.80 bits per heavy atom. The van der Waals surface area contributed by atoms with E-state index >= 15 is 0 Å². The molecule has 4 nitrogen and oxygen atoms in total. The van der Waals surface area contributed by atoms with Gasteiger partial charge in [0.05, 0.1) is 17.2 Å². The highest BCUT2D eigenvalue weighted by Crippen LogP contribution is 2.38. The number of thioether (sulfide) groups is 1. The van der Waals surface area contributed by atoms with Crippen LogP contribution in [0.3, 0.4) is 0 Å². The molecule has 1 aromatic carbocycles. The molecule has 1 atom stereocenters. The molecule has 0 fully saturated rings. The number of hydrogen-bond acceptors (Lipinski definition) is 6. The summed E-state index contributed by atoms with van der Waals surface area (Å²) in [5.74, 6) is 0.00111. The summed E-state index contributed by atoms with van der Waals surface area (Å²) in [6, 6.07) is 7.67. The summed E-state index contributed by atoms with van der Waals surface area (Å²) in [6.07, 6.45) is 2.27. The Hall–Kier alpha value is -1.63. The molecule has 0 aliphatic carbocycles. The number of halogens is 1. The van der Waals surface area contributed by atoms with Crippen molar-refractivity contribution in [2.75, 3.05) is 5.75 Å². The molecule has 2 heterocycles. The van der Waals surface area contributed by atoms with Crippen molar-refractivity contribution in [3.63, 3.8) is 0 Å². The van der Waals surface area contributed by atoms with Crippen LogP contribution in [0.15, 0.2) is 41.0 Å². The molecule has 0 saturated heterocycles. The molecular weight excluding hydrogens is 376 g/mol.